The van der Waals surface area contributed by atoms with E-state index in [1.165, 1.54) is 11.3 Å². The Morgan fingerprint density at radius 3 is 2.23 bits per heavy atom. The Labute approximate surface area is 157 Å². The largest absolute Gasteiger partial charge is 0.340 e. The van der Waals surface area contributed by atoms with Crippen LogP contribution in [0.5, 0.6) is 0 Å². The van der Waals surface area contributed by atoms with Crippen molar-refractivity contribution in [2.24, 2.45) is 0 Å². The molecule has 6 heteroatoms. The molecular formula is C20H22N2O3S. The molecule has 0 saturated carbocycles. The summed E-state index contributed by atoms with van der Waals surface area (Å²) in [6, 6.07) is 12.8. The zero-order valence-corrected chi connectivity index (χ0v) is 15.4. The van der Waals surface area contributed by atoms with Crippen LogP contribution < -0.4 is 0 Å². The Hall–Kier alpha value is -2.31. The van der Waals surface area contributed by atoms with Gasteiger partial charge >= 0.3 is 0 Å². The van der Waals surface area contributed by atoms with E-state index in [2.05, 4.69) is 4.90 Å². The van der Waals surface area contributed by atoms with Crippen LogP contribution in [0.15, 0.2) is 47.8 Å². The SMILES string of the molecule is O=C(CCC(=O)N1CCN(CC(=O)c2cccs2)CC1)c1ccccc1. The molecular weight excluding hydrogens is 348 g/mol. The first-order valence-electron chi connectivity index (χ1n) is 8.78. The third-order valence-corrected chi connectivity index (χ3v) is 5.46. The second-order valence-electron chi connectivity index (χ2n) is 6.35. The third-order valence-electron chi connectivity index (χ3n) is 4.55. The van der Waals surface area contributed by atoms with Crippen LogP contribution in [0.1, 0.15) is 32.9 Å². The summed E-state index contributed by atoms with van der Waals surface area (Å²) in [5, 5.41) is 1.90. The Balaban J connectivity index is 1.41. The van der Waals surface area contributed by atoms with Crippen molar-refractivity contribution in [1.29, 1.82) is 0 Å². The van der Waals surface area contributed by atoms with Gasteiger partial charge in [-0.25, -0.2) is 0 Å². The molecule has 5 nitrogen and oxygen atoms in total. The maximum absolute atomic E-state index is 12.3. The van der Waals surface area contributed by atoms with E-state index in [9.17, 15) is 14.4 Å². The number of carbonyl (C=O) groups is 3. The highest BCUT2D eigenvalue weighted by Crippen LogP contribution is 2.12. The Morgan fingerprint density at radius 1 is 0.846 bits per heavy atom. The van der Waals surface area contributed by atoms with E-state index in [1.54, 1.807) is 17.0 Å². The van der Waals surface area contributed by atoms with Gasteiger partial charge in [-0.05, 0) is 11.4 Å². The average Bonchev–Trinajstić information content (AvgIpc) is 3.22. The minimum Gasteiger partial charge on any atom is -0.340 e. The van der Waals surface area contributed by atoms with Crippen LogP contribution in [-0.4, -0.2) is 60.0 Å². The second-order valence-corrected chi connectivity index (χ2v) is 7.29. The van der Waals surface area contributed by atoms with Gasteiger partial charge in [-0.15, -0.1) is 11.3 Å². The first kappa shape index (κ1) is 18.5. The van der Waals surface area contributed by atoms with E-state index in [0.29, 0.717) is 38.3 Å². The molecule has 2 aromatic rings. The predicted molar refractivity (Wildman–Crippen MR) is 102 cm³/mol. The molecule has 1 aliphatic heterocycles. The monoisotopic (exact) mass is 370 g/mol. The van der Waals surface area contributed by atoms with E-state index in [1.807, 2.05) is 35.7 Å². The summed E-state index contributed by atoms with van der Waals surface area (Å²) in [5.41, 5.74) is 0.650. The van der Waals surface area contributed by atoms with Crippen LogP contribution in [-0.2, 0) is 4.79 Å². The highest BCUT2D eigenvalue weighted by molar-refractivity contribution is 7.12. The molecule has 0 spiro atoms. The molecule has 136 valence electrons. The van der Waals surface area contributed by atoms with Crippen LogP contribution in [0.2, 0.25) is 0 Å². The number of carbonyl (C=O) groups excluding carboxylic acids is 3. The van der Waals surface area contributed by atoms with Crippen LogP contribution in [0, 0.1) is 0 Å². The molecule has 0 aliphatic carbocycles. The molecule has 1 amide bonds. The molecule has 26 heavy (non-hydrogen) atoms. The first-order valence-corrected chi connectivity index (χ1v) is 9.66. The third kappa shape index (κ3) is 4.86. The van der Waals surface area contributed by atoms with Crippen molar-refractivity contribution >= 4 is 28.8 Å². The first-order chi connectivity index (χ1) is 12.6. The molecule has 1 saturated heterocycles. The standard InChI is InChI=1S/C20H22N2O3S/c23-17(16-5-2-1-3-6-16)8-9-20(25)22-12-10-21(11-13-22)15-18(24)19-7-4-14-26-19/h1-7,14H,8-13,15H2. The topological polar surface area (TPSA) is 57.7 Å². The molecule has 3 rings (SSSR count). The number of rotatable bonds is 7. The number of hydrogen-bond donors (Lipinski definition) is 0. The number of amides is 1. The fourth-order valence-electron chi connectivity index (χ4n) is 3.02. The van der Waals surface area contributed by atoms with Gasteiger partial charge in [-0.3, -0.25) is 19.3 Å². The van der Waals surface area contributed by atoms with Gasteiger partial charge < -0.3 is 4.90 Å². The van der Waals surface area contributed by atoms with E-state index >= 15 is 0 Å². The summed E-state index contributed by atoms with van der Waals surface area (Å²) in [4.78, 5) is 41.3. The van der Waals surface area contributed by atoms with Gasteiger partial charge in [0.2, 0.25) is 5.91 Å². The molecule has 0 atom stereocenters. The van der Waals surface area contributed by atoms with Crippen LogP contribution in [0.25, 0.3) is 0 Å². The summed E-state index contributed by atoms with van der Waals surface area (Å²) in [7, 11) is 0. The maximum atomic E-state index is 12.3. The van der Waals surface area contributed by atoms with Crippen molar-refractivity contribution in [3.63, 3.8) is 0 Å². The minimum absolute atomic E-state index is 0.000805. The Bertz CT molecular complexity index is 751. The minimum atomic E-state index is -0.000805. The maximum Gasteiger partial charge on any atom is 0.223 e. The molecule has 1 fully saturated rings. The molecule has 0 unspecified atom stereocenters. The summed E-state index contributed by atoms with van der Waals surface area (Å²) in [5.74, 6) is 0.144. The summed E-state index contributed by atoms with van der Waals surface area (Å²) in [6.07, 6.45) is 0.474. The molecule has 1 aliphatic rings. The lowest BCUT2D eigenvalue weighted by atomic mass is 10.1. The fraction of sp³-hybridized carbons (Fsp3) is 0.350. The van der Waals surface area contributed by atoms with Gasteiger partial charge in [0.1, 0.15) is 0 Å². The van der Waals surface area contributed by atoms with Gasteiger partial charge in [0, 0.05) is 44.6 Å². The predicted octanol–water partition coefficient (Wildman–Crippen LogP) is 2.74. The van der Waals surface area contributed by atoms with Crippen molar-refractivity contribution in [3.05, 3.63) is 58.3 Å². The van der Waals surface area contributed by atoms with Crippen LogP contribution >= 0.6 is 11.3 Å². The van der Waals surface area contributed by atoms with Crippen molar-refractivity contribution < 1.29 is 14.4 Å². The number of nitrogens with zero attached hydrogens (tertiary/aromatic N) is 2. The van der Waals surface area contributed by atoms with Gasteiger partial charge in [0.05, 0.1) is 11.4 Å². The highest BCUT2D eigenvalue weighted by Gasteiger charge is 2.23. The van der Waals surface area contributed by atoms with Crippen molar-refractivity contribution in [2.45, 2.75) is 12.8 Å². The molecule has 0 bridgehead atoms. The number of piperazine rings is 1. The zero-order chi connectivity index (χ0) is 18.4. The summed E-state index contributed by atoms with van der Waals surface area (Å²) >= 11 is 1.46. The molecule has 0 N–H and O–H groups in total. The lowest BCUT2D eigenvalue weighted by Crippen LogP contribution is -2.49. The van der Waals surface area contributed by atoms with Crippen LogP contribution in [0.4, 0.5) is 0 Å². The number of thiophene rings is 1. The highest BCUT2D eigenvalue weighted by atomic mass is 32.1. The quantitative estimate of drug-likeness (QED) is 0.703. The number of benzene rings is 1. The van der Waals surface area contributed by atoms with Crippen LogP contribution in [0.3, 0.4) is 0 Å². The van der Waals surface area contributed by atoms with E-state index in [-0.39, 0.29) is 30.3 Å². The summed E-state index contributed by atoms with van der Waals surface area (Å²) in [6.45, 7) is 2.99. The van der Waals surface area contributed by atoms with Gasteiger partial charge in [0.15, 0.2) is 11.6 Å². The smallest absolute Gasteiger partial charge is 0.223 e. The van der Waals surface area contributed by atoms with Crippen molar-refractivity contribution in [1.82, 2.24) is 9.80 Å². The lowest BCUT2D eigenvalue weighted by molar-refractivity contribution is -0.132. The van der Waals surface area contributed by atoms with Gasteiger partial charge in [0.25, 0.3) is 0 Å². The molecule has 1 aromatic heterocycles. The number of Topliss-reactive ketones (excluding diaryl/α,β-unsaturated/α-hetero) is 2. The lowest BCUT2D eigenvalue weighted by Gasteiger charge is -2.34. The molecule has 0 radical (unpaired) electrons. The fourth-order valence-corrected chi connectivity index (χ4v) is 3.68. The van der Waals surface area contributed by atoms with E-state index in [0.717, 1.165) is 4.88 Å². The summed E-state index contributed by atoms with van der Waals surface area (Å²) < 4.78 is 0. The van der Waals surface area contributed by atoms with Crippen molar-refractivity contribution in [3.8, 4) is 0 Å². The molecule has 1 aromatic carbocycles. The van der Waals surface area contributed by atoms with Gasteiger partial charge in [-0.2, -0.15) is 0 Å². The van der Waals surface area contributed by atoms with Crippen molar-refractivity contribution in [2.75, 3.05) is 32.7 Å². The van der Waals surface area contributed by atoms with E-state index < -0.39 is 0 Å². The Morgan fingerprint density at radius 2 is 1.58 bits per heavy atom. The average molecular weight is 370 g/mol. The molecule has 2 heterocycles. The zero-order valence-electron chi connectivity index (χ0n) is 14.6. The van der Waals surface area contributed by atoms with E-state index in [4.69, 9.17) is 0 Å². The van der Waals surface area contributed by atoms with Gasteiger partial charge in [-0.1, -0.05) is 36.4 Å². The Kier molecular flexibility index (Phi) is 6.30. The normalized spacial score (nSPS) is 15.0. The number of ketones is 2. The number of hydrogen-bond acceptors (Lipinski definition) is 5. The second kappa shape index (κ2) is 8.87.